The van der Waals surface area contributed by atoms with Crippen molar-refractivity contribution in [2.24, 2.45) is 7.05 Å². The zero-order valence-corrected chi connectivity index (χ0v) is 14.4. The van der Waals surface area contributed by atoms with Crippen LogP contribution in [0, 0.1) is 6.92 Å². The summed E-state index contributed by atoms with van der Waals surface area (Å²) < 4.78 is 7.35. The molecule has 2 aromatic carbocycles. The monoisotopic (exact) mass is 336 g/mol. The molecular formula is C19H20N4O2. The normalized spacial score (nSPS) is 11.8. The van der Waals surface area contributed by atoms with Gasteiger partial charge in [-0.1, -0.05) is 35.5 Å². The van der Waals surface area contributed by atoms with Crippen molar-refractivity contribution in [2.45, 2.75) is 19.9 Å². The number of ether oxygens (including phenoxy) is 1. The highest BCUT2D eigenvalue weighted by molar-refractivity contribution is 5.93. The van der Waals surface area contributed by atoms with Crippen LogP contribution in [0.1, 0.15) is 34.7 Å². The third-order valence-corrected chi connectivity index (χ3v) is 4.03. The second-order valence-corrected chi connectivity index (χ2v) is 5.83. The third kappa shape index (κ3) is 3.85. The molecule has 1 aromatic heterocycles. The van der Waals surface area contributed by atoms with Crippen molar-refractivity contribution in [3.05, 3.63) is 71.5 Å². The van der Waals surface area contributed by atoms with Crippen LogP contribution in [0.3, 0.4) is 0 Å². The summed E-state index contributed by atoms with van der Waals surface area (Å²) in [5, 5.41) is 10.7. The SMILES string of the molecule is Cc1c(C(=O)NC(C)c2ccc(Oc3ccccc3)cc2)nnn1C. The number of aromatic nitrogens is 3. The Hall–Kier alpha value is -3.15. The highest BCUT2D eigenvalue weighted by atomic mass is 16.5. The molecule has 0 fully saturated rings. The Kier molecular flexibility index (Phi) is 4.79. The minimum absolute atomic E-state index is 0.153. The topological polar surface area (TPSA) is 69.0 Å². The molecule has 1 atom stereocenters. The van der Waals surface area contributed by atoms with Crippen LogP contribution in [0.4, 0.5) is 0 Å². The first kappa shape index (κ1) is 16.7. The molecule has 25 heavy (non-hydrogen) atoms. The van der Waals surface area contributed by atoms with E-state index in [2.05, 4.69) is 15.6 Å². The molecule has 1 amide bonds. The molecule has 0 aliphatic rings. The van der Waals surface area contributed by atoms with Gasteiger partial charge >= 0.3 is 0 Å². The van der Waals surface area contributed by atoms with Gasteiger partial charge in [0.05, 0.1) is 11.7 Å². The molecule has 6 nitrogen and oxygen atoms in total. The molecule has 0 radical (unpaired) electrons. The molecule has 6 heteroatoms. The highest BCUT2D eigenvalue weighted by Crippen LogP contribution is 2.23. The summed E-state index contributed by atoms with van der Waals surface area (Å²) in [4.78, 5) is 12.3. The average Bonchev–Trinajstić information content (AvgIpc) is 2.95. The maximum Gasteiger partial charge on any atom is 0.274 e. The van der Waals surface area contributed by atoms with Crippen LogP contribution in [0.15, 0.2) is 54.6 Å². The fourth-order valence-electron chi connectivity index (χ4n) is 2.41. The first-order valence-corrected chi connectivity index (χ1v) is 8.04. The Balaban J connectivity index is 1.65. The molecule has 0 saturated heterocycles. The summed E-state index contributed by atoms with van der Waals surface area (Å²) in [6, 6.07) is 17.1. The van der Waals surface area contributed by atoms with Crippen molar-refractivity contribution in [2.75, 3.05) is 0 Å². The van der Waals surface area contributed by atoms with Gasteiger partial charge < -0.3 is 10.1 Å². The van der Waals surface area contributed by atoms with Gasteiger partial charge in [-0.2, -0.15) is 0 Å². The van der Waals surface area contributed by atoms with E-state index in [4.69, 9.17) is 4.74 Å². The van der Waals surface area contributed by atoms with Gasteiger partial charge in [-0.15, -0.1) is 5.10 Å². The number of aryl methyl sites for hydroxylation is 1. The Labute approximate surface area is 146 Å². The Bertz CT molecular complexity index is 857. The number of carbonyl (C=O) groups excluding carboxylic acids is 1. The van der Waals surface area contributed by atoms with Crippen LogP contribution in [0.2, 0.25) is 0 Å². The molecule has 1 N–H and O–H groups in total. The van der Waals surface area contributed by atoms with E-state index in [0.29, 0.717) is 5.69 Å². The van der Waals surface area contributed by atoms with Crippen LogP contribution in [-0.4, -0.2) is 20.9 Å². The van der Waals surface area contributed by atoms with Crippen molar-refractivity contribution in [3.63, 3.8) is 0 Å². The van der Waals surface area contributed by atoms with E-state index in [1.165, 1.54) is 0 Å². The number of nitrogens with zero attached hydrogens (tertiary/aromatic N) is 3. The van der Waals surface area contributed by atoms with Crippen molar-refractivity contribution in [1.82, 2.24) is 20.3 Å². The number of amides is 1. The number of benzene rings is 2. The summed E-state index contributed by atoms with van der Waals surface area (Å²) in [7, 11) is 1.76. The number of para-hydroxylation sites is 1. The Morgan fingerprint density at radius 1 is 1.08 bits per heavy atom. The Morgan fingerprint density at radius 3 is 2.32 bits per heavy atom. The number of hydrogen-bond donors (Lipinski definition) is 1. The maximum atomic E-state index is 12.3. The predicted molar refractivity (Wildman–Crippen MR) is 94.6 cm³/mol. The fraction of sp³-hybridized carbons (Fsp3) is 0.211. The maximum absolute atomic E-state index is 12.3. The number of hydrogen-bond acceptors (Lipinski definition) is 4. The van der Waals surface area contributed by atoms with Crippen LogP contribution < -0.4 is 10.1 Å². The number of carbonyl (C=O) groups is 1. The molecule has 0 bridgehead atoms. The molecule has 3 aromatic rings. The largest absolute Gasteiger partial charge is 0.457 e. The lowest BCUT2D eigenvalue weighted by molar-refractivity contribution is 0.0934. The zero-order valence-electron chi connectivity index (χ0n) is 14.4. The summed E-state index contributed by atoms with van der Waals surface area (Å²) in [6.07, 6.45) is 0. The minimum Gasteiger partial charge on any atom is -0.457 e. The highest BCUT2D eigenvalue weighted by Gasteiger charge is 2.17. The van der Waals surface area contributed by atoms with Gasteiger partial charge in [-0.3, -0.25) is 9.48 Å². The first-order chi connectivity index (χ1) is 12.0. The van der Waals surface area contributed by atoms with Gasteiger partial charge in [-0.05, 0) is 43.7 Å². The lowest BCUT2D eigenvalue weighted by Crippen LogP contribution is -2.27. The van der Waals surface area contributed by atoms with E-state index in [9.17, 15) is 4.79 Å². The minimum atomic E-state index is -0.234. The number of nitrogens with one attached hydrogen (secondary N) is 1. The lowest BCUT2D eigenvalue weighted by Gasteiger charge is -2.14. The molecule has 128 valence electrons. The van der Waals surface area contributed by atoms with Crippen LogP contribution in [-0.2, 0) is 7.05 Å². The first-order valence-electron chi connectivity index (χ1n) is 8.04. The van der Waals surface area contributed by atoms with Gasteiger partial charge in [0.25, 0.3) is 5.91 Å². The summed E-state index contributed by atoms with van der Waals surface area (Å²) in [6.45, 7) is 3.74. The van der Waals surface area contributed by atoms with Crippen LogP contribution in [0.25, 0.3) is 0 Å². The molecule has 0 aliphatic heterocycles. The van der Waals surface area contributed by atoms with E-state index in [0.717, 1.165) is 22.8 Å². The van der Waals surface area contributed by atoms with Crippen molar-refractivity contribution >= 4 is 5.91 Å². The van der Waals surface area contributed by atoms with E-state index >= 15 is 0 Å². The molecule has 1 heterocycles. The van der Waals surface area contributed by atoms with Crippen molar-refractivity contribution in [1.29, 1.82) is 0 Å². The van der Waals surface area contributed by atoms with Gasteiger partial charge in [0.15, 0.2) is 5.69 Å². The van der Waals surface area contributed by atoms with Gasteiger partial charge in [0, 0.05) is 7.05 Å². The molecule has 1 unspecified atom stereocenters. The van der Waals surface area contributed by atoms with E-state index < -0.39 is 0 Å². The zero-order chi connectivity index (χ0) is 17.8. The van der Waals surface area contributed by atoms with Crippen LogP contribution >= 0.6 is 0 Å². The molecule has 0 spiro atoms. The second kappa shape index (κ2) is 7.17. The van der Waals surface area contributed by atoms with E-state index in [1.54, 1.807) is 11.7 Å². The van der Waals surface area contributed by atoms with Gasteiger partial charge in [-0.25, -0.2) is 0 Å². The molecule has 0 saturated carbocycles. The summed E-state index contributed by atoms with van der Waals surface area (Å²) >= 11 is 0. The van der Waals surface area contributed by atoms with E-state index in [-0.39, 0.29) is 11.9 Å². The Morgan fingerprint density at radius 2 is 1.72 bits per heavy atom. The smallest absolute Gasteiger partial charge is 0.274 e. The van der Waals surface area contributed by atoms with Crippen molar-refractivity contribution in [3.8, 4) is 11.5 Å². The molecular weight excluding hydrogens is 316 g/mol. The van der Waals surface area contributed by atoms with Gasteiger partial charge in [0.2, 0.25) is 0 Å². The summed E-state index contributed by atoms with van der Waals surface area (Å²) in [5.41, 5.74) is 2.06. The standard InChI is InChI=1S/C19H20N4O2/c1-13(20-19(24)18-14(2)23(3)22-21-18)15-9-11-17(12-10-15)25-16-7-5-4-6-8-16/h4-13H,1-3H3,(H,20,24). The summed E-state index contributed by atoms with van der Waals surface area (Å²) in [5.74, 6) is 1.30. The lowest BCUT2D eigenvalue weighted by atomic mass is 10.1. The molecule has 0 aliphatic carbocycles. The third-order valence-electron chi connectivity index (χ3n) is 4.03. The van der Waals surface area contributed by atoms with Gasteiger partial charge in [0.1, 0.15) is 11.5 Å². The molecule has 3 rings (SSSR count). The van der Waals surface area contributed by atoms with Crippen molar-refractivity contribution < 1.29 is 9.53 Å². The second-order valence-electron chi connectivity index (χ2n) is 5.83. The fourth-order valence-corrected chi connectivity index (χ4v) is 2.41. The van der Waals surface area contributed by atoms with E-state index in [1.807, 2.05) is 68.4 Å². The average molecular weight is 336 g/mol. The van der Waals surface area contributed by atoms with Crippen LogP contribution in [0.5, 0.6) is 11.5 Å². The number of rotatable bonds is 5. The quantitative estimate of drug-likeness (QED) is 0.775. The predicted octanol–water partition coefficient (Wildman–Crippen LogP) is 3.41.